The molecule has 53 heavy (non-hydrogen) atoms. The fourth-order valence-electron chi connectivity index (χ4n) is 5.87. The smallest absolute Gasteiger partial charge is 0.262 e. The van der Waals surface area contributed by atoms with Gasteiger partial charge in [-0.15, -0.1) is 0 Å². The Morgan fingerprint density at radius 2 is 0.981 bits per heavy atom. The van der Waals surface area contributed by atoms with Crippen LogP contribution < -0.4 is 21.8 Å². The molecule has 0 aliphatic rings. The third kappa shape index (κ3) is 8.89. The van der Waals surface area contributed by atoms with Crippen molar-refractivity contribution in [3.05, 3.63) is 129 Å². The molecule has 6 rings (SSSR count). The largest absolute Gasteiger partial charge is 0.325 e. The number of aryl methyl sites for hydroxylation is 2. The molecule has 0 bridgehead atoms. The van der Waals surface area contributed by atoms with Crippen LogP contribution in [0.15, 0.2) is 117 Å². The lowest BCUT2D eigenvalue weighted by molar-refractivity contribution is -0.116. The van der Waals surface area contributed by atoms with Gasteiger partial charge < -0.3 is 10.6 Å². The third-order valence-electron chi connectivity index (χ3n) is 8.88. The molecule has 0 radical (unpaired) electrons. The molecule has 2 aromatic heterocycles. The lowest BCUT2D eigenvalue weighted by atomic mass is 10.2. The maximum Gasteiger partial charge on any atom is 0.262 e. The van der Waals surface area contributed by atoms with Crippen LogP contribution in [0, 0.1) is 13.8 Å². The molecule has 0 aliphatic heterocycles. The standard InChI is InChI=1S/C41H42N6O4S2/c1-5-34(36(48)42-28-20-16-26(3)17-21-28)52-40-44-32-14-9-7-12-30(32)38(50)46(40)24-11-25-47-39(51)31-13-8-10-15-33(31)45-41(47)53-35(6-2)37(49)43-29-22-18-27(4)19-23-29/h7-10,12-23,34-35H,5-6,11,24-25H2,1-4H3,(H,42,48)(H,43,49)/t34-,35-/m0/s1. The SMILES string of the molecule is CC[C@H](Sc1nc2ccccc2c(=O)n1CCCn1c(S[C@@H](CC)C(=O)Nc2ccc(C)cc2)nc2ccccc2c1=O)C(=O)Nc1ccc(C)cc1. The zero-order valence-corrected chi connectivity index (χ0v) is 31.8. The van der Waals surface area contributed by atoms with Crippen LogP contribution in [0.5, 0.6) is 0 Å². The topological polar surface area (TPSA) is 128 Å². The third-order valence-corrected chi connectivity index (χ3v) is 11.6. The van der Waals surface area contributed by atoms with Gasteiger partial charge in [0.1, 0.15) is 0 Å². The highest BCUT2D eigenvalue weighted by atomic mass is 32.2. The average Bonchev–Trinajstić information content (AvgIpc) is 3.16. The van der Waals surface area contributed by atoms with Crippen LogP contribution in [0.25, 0.3) is 21.8 Å². The van der Waals surface area contributed by atoms with E-state index in [4.69, 9.17) is 9.97 Å². The summed E-state index contributed by atoms with van der Waals surface area (Å²) >= 11 is 2.51. The number of thioether (sulfide) groups is 2. The molecule has 2 amide bonds. The number of amides is 2. The molecule has 0 fully saturated rings. The summed E-state index contributed by atoms with van der Waals surface area (Å²) in [5.41, 5.74) is 4.24. The maximum atomic E-state index is 14.0. The predicted octanol–water partition coefficient (Wildman–Crippen LogP) is 7.83. The summed E-state index contributed by atoms with van der Waals surface area (Å²) in [5, 5.41) is 6.77. The number of fused-ring (bicyclic) bond motifs is 2. The summed E-state index contributed by atoms with van der Waals surface area (Å²) in [4.78, 5) is 64.5. The Balaban J connectivity index is 1.27. The highest BCUT2D eigenvalue weighted by Crippen LogP contribution is 2.28. The molecule has 0 spiro atoms. The average molecular weight is 747 g/mol. The zero-order chi connectivity index (χ0) is 37.5. The molecular weight excluding hydrogens is 705 g/mol. The van der Waals surface area contributed by atoms with Gasteiger partial charge in [0.25, 0.3) is 11.1 Å². The van der Waals surface area contributed by atoms with E-state index in [1.165, 1.54) is 23.5 Å². The van der Waals surface area contributed by atoms with Crippen LogP contribution in [0.4, 0.5) is 11.4 Å². The number of carbonyl (C=O) groups is 2. The Kier molecular flexibility index (Phi) is 12.1. The number of hydrogen-bond acceptors (Lipinski definition) is 8. The van der Waals surface area contributed by atoms with Crippen molar-refractivity contribution in [1.29, 1.82) is 0 Å². The first-order valence-electron chi connectivity index (χ1n) is 17.7. The first kappa shape index (κ1) is 37.6. The van der Waals surface area contributed by atoms with Crippen molar-refractivity contribution >= 4 is 68.5 Å². The molecule has 0 saturated heterocycles. The summed E-state index contributed by atoms with van der Waals surface area (Å²) in [7, 11) is 0. The van der Waals surface area contributed by atoms with Gasteiger partial charge in [0.15, 0.2) is 10.3 Å². The summed E-state index contributed by atoms with van der Waals surface area (Å²) in [5.74, 6) is -0.356. The second-order valence-electron chi connectivity index (χ2n) is 12.8. The van der Waals surface area contributed by atoms with Crippen LogP contribution in [-0.2, 0) is 22.7 Å². The Labute approximate surface area is 316 Å². The minimum absolute atomic E-state index is 0.178. The number of carbonyl (C=O) groups excluding carboxylic acids is 2. The monoisotopic (exact) mass is 746 g/mol. The van der Waals surface area contributed by atoms with Crippen molar-refractivity contribution in [1.82, 2.24) is 19.1 Å². The van der Waals surface area contributed by atoms with Crippen LogP contribution in [0.3, 0.4) is 0 Å². The van der Waals surface area contributed by atoms with Gasteiger partial charge in [-0.1, -0.05) is 97.0 Å². The first-order valence-corrected chi connectivity index (χ1v) is 19.5. The first-order chi connectivity index (χ1) is 25.6. The number of aromatic nitrogens is 4. The van der Waals surface area contributed by atoms with E-state index in [0.29, 0.717) is 62.8 Å². The maximum absolute atomic E-state index is 14.0. The Hall–Kier alpha value is -5.20. The van der Waals surface area contributed by atoms with Crippen molar-refractivity contribution in [2.24, 2.45) is 0 Å². The highest BCUT2D eigenvalue weighted by Gasteiger charge is 2.24. The lowest BCUT2D eigenvalue weighted by Crippen LogP contribution is -2.30. The number of nitrogens with zero attached hydrogens (tertiary/aromatic N) is 4. The molecule has 6 aromatic rings. The van der Waals surface area contributed by atoms with Crippen molar-refractivity contribution < 1.29 is 9.59 Å². The van der Waals surface area contributed by atoms with Gasteiger partial charge in [0.05, 0.1) is 32.3 Å². The number of hydrogen-bond donors (Lipinski definition) is 2. The Bertz CT molecular complexity index is 2210. The van der Waals surface area contributed by atoms with E-state index < -0.39 is 10.5 Å². The second kappa shape index (κ2) is 17.1. The molecule has 0 saturated carbocycles. The van der Waals surface area contributed by atoms with E-state index in [0.717, 1.165) is 11.1 Å². The van der Waals surface area contributed by atoms with Crippen molar-refractivity contribution in [2.45, 2.75) is 80.9 Å². The molecule has 2 N–H and O–H groups in total. The van der Waals surface area contributed by atoms with E-state index >= 15 is 0 Å². The van der Waals surface area contributed by atoms with Crippen LogP contribution in [0.1, 0.15) is 44.2 Å². The van der Waals surface area contributed by atoms with Crippen molar-refractivity contribution in [3.8, 4) is 0 Å². The fourth-order valence-corrected chi connectivity index (χ4v) is 7.95. The minimum Gasteiger partial charge on any atom is -0.325 e. The minimum atomic E-state index is -0.511. The van der Waals surface area contributed by atoms with E-state index in [1.54, 1.807) is 45.5 Å². The highest BCUT2D eigenvalue weighted by molar-refractivity contribution is 8.00. The second-order valence-corrected chi connectivity index (χ2v) is 15.2. The number of nitrogens with one attached hydrogen (secondary N) is 2. The van der Waals surface area contributed by atoms with Crippen LogP contribution in [-0.4, -0.2) is 41.4 Å². The molecule has 2 atom stereocenters. The molecule has 2 heterocycles. The van der Waals surface area contributed by atoms with Gasteiger partial charge in [0, 0.05) is 24.5 Å². The van der Waals surface area contributed by atoms with Gasteiger partial charge in [-0.05, 0) is 81.6 Å². The van der Waals surface area contributed by atoms with E-state index in [9.17, 15) is 19.2 Å². The number of benzene rings is 4. The van der Waals surface area contributed by atoms with Crippen molar-refractivity contribution in [3.63, 3.8) is 0 Å². The van der Waals surface area contributed by atoms with Gasteiger partial charge in [-0.3, -0.25) is 28.3 Å². The normalized spacial score (nSPS) is 12.5. The molecule has 0 aliphatic carbocycles. The van der Waals surface area contributed by atoms with E-state index in [-0.39, 0.29) is 36.0 Å². The molecule has 4 aromatic carbocycles. The molecule has 0 unspecified atom stereocenters. The zero-order valence-electron chi connectivity index (χ0n) is 30.2. The summed E-state index contributed by atoms with van der Waals surface area (Å²) in [6, 6.07) is 29.6. The fraction of sp³-hybridized carbons (Fsp3) is 0.268. The van der Waals surface area contributed by atoms with Crippen LogP contribution >= 0.6 is 23.5 Å². The van der Waals surface area contributed by atoms with Gasteiger partial charge in [0.2, 0.25) is 11.8 Å². The summed E-state index contributed by atoms with van der Waals surface area (Å²) in [6.07, 6.45) is 1.42. The number of para-hydroxylation sites is 2. The van der Waals surface area contributed by atoms with E-state index in [1.807, 2.05) is 88.4 Å². The van der Waals surface area contributed by atoms with E-state index in [2.05, 4.69) is 10.6 Å². The number of rotatable bonds is 14. The predicted molar refractivity (Wildman–Crippen MR) is 216 cm³/mol. The lowest BCUT2D eigenvalue weighted by Gasteiger charge is -2.20. The van der Waals surface area contributed by atoms with Gasteiger partial charge in [-0.25, -0.2) is 9.97 Å². The van der Waals surface area contributed by atoms with Gasteiger partial charge >= 0.3 is 0 Å². The van der Waals surface area contributed by atoms with Crippen molar-refractivity contribution in [2.75, 3.05) is 10.6 Å². The Morgan fingerprint density at radius 3 is 1.36 bits per heavy atom. The molecule has 272 valence electrons. The quantitative estimate of drug-likeness (QED) is 0.0853. The molecular formula is C41H42N6O4S2. The number of anilines is 2. The summed E-state index contributed by atoms with van der Waals surface area (Å²) in [6.45, 7) is 8.31. The molecule has 12 heteroatoms. The summed E-state index contributed by atoms with van der Waals surface area (Å²) < 4.78 is 3.20. The molecule has 10 nitrogen and oxygen atoms in total. The Morgan fingerprint density at radius 1 is 0.604 bits per heavy atom. The van der Waals surface area contributed by atoms with Gasteiger partial charge in [-0.2, -0.15) is 0 Å². The van der Waals surface area contributed by atoms with Crippen LogP contribution in [0.2, 0.25) is 0 Å².